The minimum atomic E-state index is 0.108. The zero-order valence-electron chi connectivity index (χ0n) is 12.6. The Morgan fingerprint density at radius 2 is 1.95 bits per heavy atom. The van der Waals surface area contributed by atoms with Crippen molar-refractivity contribution in [2.75, 3.05) is 47.1 Å². The van der Waals surface area contributed by atoms with Gasteiger partial charge in [-0.05, 0) is 18.2 Å². The van der Waals surface area contributed by atoms with E-state index < -0.39 is 0 Å². The number of carbonyl (C=O) groups is 1. The third-order valence-corrected chi connectivity index (χ3v) is 4.01. The maximum atomic E-state index is 11.9. The lowest BCUT2D eigenvalue weighted by atomic mass is 10.1. The molecule has 0 bridgehead atoms. The lowest BCUT2D eigenvalue weighted by Gasteiger charge is -2.33. The number of amides is 2. The maximum absolute atomic E-state index is 11.9. The average Bonchev–Trinajstić information content (AvgIpc) is 2.95. The second-order valence-corrected chi connectivity index (χ2v) is 5.78. The van der Waals surface area contributed by atoms with Crippen LogP contribution in [0, 0.1) is 0 Å². The Hall–Kier alpha value is -1.95. The molecule has 1 saturated heterocycles. The molecule has 6 nitrogen and oxygen atoms in total. The molecule has 114 valence electrons. The summed E-state index contributed by atoms with van der Waals surface area (Å²) in [5, 5.41) is 0. The molecule has 0 unspecified atom stereocenters. The van der Waals surface area contributed by atoms with Gasteiger partial charge in [-0.2, -0.15) is 0 Å². The van der Waals surface area contributed by atoms with Gasteiger partial charge in [-0.15, -0.1) is 0 Å². The van der Waals surface area contributed by atoms with Crippen molar-refractivity contribution >= 4 is 6.03 Å². The Balaban J connectivity index is 1.55. The molecule has 6 heteroatoms. The van der Waals surface area contributed by atoms with Gasteiger partial charge in [-0.1, -0.05) is 0 Å². The number of nitrogens with zero attached hydrogens (tertiary/aromatic N) is 2. The van der Waals surface area contributed by atoms with Crippen molar-refractivity contribution in [1.29, 1.82) is 0 Å². The number of rotatable bonds is 2. The van der Waals surface area contributed by atoms with E-state index in [-0.39, 0.29) is 6.03 Å². The summed E-state index contributed by atoms with van der Waals surface area (Å²) in [5.74, 6) is 1.67. The number of nitrogens with one attached hydrogen (secondary N) is 1. The topological polar surface area (TPSA) is 46.5 Å². The summed E-state index contributed by atoms with van der Waals surface area (Å²) in [6, 6.07) is 6.24. The van der Waals surface area contributed by atoms with Crippen LogP contribution in [0.4, 0.5) is 4.79 Å². The standard InChI is InChI=1S/C15H21N3O3/c1-16(2)15(19)18-7-5-17(6-8-18)10-12-3-4-13-14(9-12)21-11-20-13/h3-4,9H,5-8,10-11H2,1-2H3/p+1. The van der Waals surface area contributed by atoms with E-state index in [1.807, 2.05) is 11.0 Å². The predicted molar refractivity (Wildman–Crippen MR) is 77.6 cm³/mol. The monoisotopic (exact) mass is 292 g/mol. The highest BCUT2D eigenvalue weighted by Crippen LogP contribution is 2.32. The van der Waals surface area contributed by atoms with E-state index >= 15 is 0 Å². The van der Waals surface area contributed by atoms with Gasteiger partial charge in [0.05, 0.1) is 26.2 Å². The van der Waals surface area contributed by atoms with Crippen molar-refractivity contribution in [3.8, 4) is 11.5 Å². The van der Waals surface area contributed by atoms with Crippen LogP contribution in [-0.2, 0) is 6.54 Å². The first kappa shape index (κ1) is 14.0. The summed E-state index contributed by atoms with van der Waals surface area (Å²) in [7, 11) is 3.60. The number of carbonyl (C=O) groups excluding carboxylic acids is 1. The fourth-order valence-electron chi connectivity index (χ4n) is 2.81. The summed E-state index contributed by atoms with van der Waals surface area (Å²) >= 11 is 0. The molecule has 1 N–H and O–H groups in total. The van der Waals surface area contributed by atoms with Crippen LogP contribution in [0.1, 0.15) is 5.56 Å². The fourth-order valence-corrected chi connectivity index (χ4v) is 2.81. The van der Waals surface area contributed by atoms with Crippen LogP contribution in [-0.4, -0.2) is 62.9 Å². The molecule has 2 aliphatic rings. The first-order chi connectivity index (χ1) is 10.1. The largest absolute Gasteiger partial charge is 0.454 e. The molecule has 3 rings (SSSR count). The van der Waals surface area contributed by atoms with Gasteiger partial charge in [0.2, 0.25) is 6.79 Å². The Morgan fingerprint density at radius 1 is 1.24 bits per heavy atom. The molecular weight excluding hydrogens is 270 g/mol. The van der Waals surface area contributed by atoms with Crippen LogP contribution >= 0.6 is 0 Å². The van der Waals surface area contributed by atoms with Crippen molar-refractivity contribution in [3.63, 3.8) is 0 Å². The minimum Gasteiger partial charge on any atom is -0.454 e. The van der Waals surface area contributed by atoms with E-state index in [1.165, 1.54) is 10.5 Å². The molecule has 1 aromatic carbocycles. The smallest absolute Gasteiger partial charge is 0.319 e. The lowest BCUT2D eigenvalue weighted by molar-refractivity contribution is -0.917. The number of urea groups is 1. The fraction of sp³-hybridized carbons (Fsp3) is 0.533. The Kier molecular flexibility index (Phi) is 3.88. The number of hydrogen-bond acceptors (Lipinski definition) is 3. The number of hydrogen-bond donors (Lipinski definition) is 1. The molecule has 0 spiro atoms. The molecule has 2 heterocycles. The van der Waals surface area contributed by atoms with Crippen LogP contribution in [0.15, 0.2) is 18.2 Å². The van der Waals surface area contributed by atoms with E-state index in [1.54, 1.807) is 19.0 Å². The van der Waals surface area contributed by atoms with Crippen molar-refractivity contribution in [1.82, 2.24) is 9.80 Å². The van der Waals surface area contributed by atoms with E-state index in [9.17, 15) is 4.79 Å². The number of quaternary nitrogens is 1. The van der Waals surface area contributed by atoms with Gasteiger partial charge in [0.15, 0.2) is 11.5 Å². The van der Waals surface area contributed by atoms with Gasteiger partial charge in [0.25, 0.3) is 0 Å². The molecule has 21 heavy (non-hydrogen) atoms. The molecule has 2 amide bonds. The third kappa shape index (κ3) is 3.05. The van der Waals surface area contributed by atoms with Crippen LogP contribution in [0.2, 0.25) is 0 Å². The van der Waals surface area contributed by atoms with Gasteiger partial charge in [0, 0.05) is 19.7 Å². The van der Waals surface area contributed by atoms with Crippen molar-refractivity contribution in [2.24, 2.45) is 0 Å². The number of benzene rings is 1. The Labute approximate surface area is 124 Å². The summed E-state index contributed by atoms with van der Waals surface area (Å²) in [4.78, 5) is 17.0. The normalized spacial score (nSPS) is 17.9. The second-order valence-electron chi connectivity index (χ2n) is 5.78. The molecule has 2 aliphatic heterocycles. The molecule has 0 atom stereocenters. The molecule has 0 radical (unpaired) electrons. The highest BCUT2D eigenvalue weighted by molar-refractivity contribution is 5.73. The molecule has 0 aliphatic carbocycles. The van der Waals surface area contributed by atoms with E-state index in [2.05, 4.69) is 12.1 Å². The van der Waals surface area contributed by atoms with Crippen LogP contribution < -0.4 is 14.4 Å². The molecule has 0 saturated carbocycles. The highest BCUT2D eigenvalue weighted by Gasteiger charge is 2.25. The Morgan fingerprint density at radius 3 is 2.67 bits per heavy atom. The number of piperazine rings is 1. The summed E-state index contributed by atoms with van der Waals surface area (Å²) < 4.78 is 10.7. The van der Waals surface area contributed by atoms with E-state index in [0.29, 0.717) is 6.79 Å². The van der Waals surface area contributed by atoms with Gasteiger partial charge in [-0.3, -0.25) is 0 Å². The minimum absolute atomic E-state index is 0.108. The first-order valence-electron chi connectivity index (χ1n) is 7.32. The van der Waals surface area contributed by atoms with Gasteiger partial charge < -0.3 is 24.2 Å². The lowest BCUT2D eigenvalue weighted by Crippen LogP contribution is -3.13. The quantitative estimate of drug-likeness (QED) is 0.821. The first-order valence-corrected chi connectivity index (χ1v) is 7.32. The zero-order chi connectivity index (χ0) is 14.8. The zero-order valence-corrected chi connectivity index (χ0v) is 12.6. The average molecular weight is 292 g/mol. The second kappa shape index (κ2) is 5.81. The van der Waals surface area contributed by atoms with Crippen LogP contribution in [0.3, 0.4) is 0 Å². The van der Waals surface area contributed by atoms with E-state index in [4.69, 9.17) is 9.47 Å². The van der Waals surface area contributed by atoms with Crippen molar-refractivity contribution in [3.05, 3.63) is 23.8 Å². The summed E-state index contributed by atoms with van der Waals surface area (Å²) in [6.45, 7) is 4.87. The SMILES string of the molecule is CN(C)C(=O)N1CC[NH+](Cc2ccc3c(c2)OCO3)CC1. The molecule has 0 aromatic heterocycles. The van der Waals surface area contributed by atoms with Gasteiger partial charge in [0.1, 0.15) is 6.54 Å². The molecule has 1 aromatic rings. The third-order valence-electron chi connectivity index (χ3n) is 4.01. The highest BCUT2D eigenvalue weighted by atomic mass is 16.7. The van der Waals surface area contributed by atoms with Crippen LogP contribution in [0.25, 0.3) is 0 Å². The van der Waals surface area contributed by atoms with Gasteiger partial charge in [-0.25, -0.2) is 4.79 Å². The summed E-state index contributed by atoms with van der Waals surface area (Å²) in [5.41, 5.74) is 1.25. The van der Waals surface area contributed by atoms with E-state index in [0.717, 1.165) is 44.2 Å². The summed E-state index contributed by atoms with van der Waals surface area (Å²) in [6.07, 6.45) is 0. The maximum Gasteiger partial charge on any atom is 0.319 e. The van der Waals surface area contributed by atoms with Crippen LogP contribution in [0.5, 0.6) is 11.5 Å². The number of fused-ring (bicyclic) bond motifs is 1. The van der Waals surface area contributed by atoms with Crippen molar-refractivity contribution in [2.45, 2.75) is 6.54 Å². The number of ether oxygens (including phenoxy) is 2. The van der Waals surface area contributed by atoms with Gasteiger partial charge >= 0.3 is 6.03 Å². The molecule has 1 fully saturated rings. The van der Waals surface area contributed by atoms with Crippen molar-refractivity contribution < 1.29 is 19.2 Å². The molecular formula is C15H22N3O3+. The Bertz CT molecular complexity index is 525. The predicted octanol–water partition coefficient (Wildman–Crippen LogP) is -0.203.